The molecule has 0 spiro atoms. The molecule has 2 rings (SSSR count). The molecule has 80 valence electrons. The fourth-order valence-corrected chi connectivity index (χ4v) is 1.73. The molecule has 15 heavy (non-hydrogen) atoms. The van der Waals surface area contributed by atoms with Crippen LogP contribution in [0.15, 0.2) is 34.9 Å². The topological polar surface area (TPSA) is 30.1 Å². The van der Waals surface area contributed by atoms with Crippen LogP contribution in [0.3, 0.4) is 0 Å². The molecule has 2 aromatic heterocycles. The van der Waals surface area contributed by atoms with Gasteiger partial charge in [-0.15, -0.1) is 0 Å². The van der Waals surface area contributed by atoms with Gasteiger partial charge in [0.25, 0.3) is 0 Å². The van der Waals surface area contributed by atoms with E-state index in [4.69, 9.17) is 4.42 Å². The van der Waals surface area contributed by atoms with Crippen molar-refractivity contribution in [1.82, 2.24) is 9.88 Å². The third kappa shape index (κ3) is 2.13. The fraction of sp³-hybridized carbons (Fsp3) is 0.333. The third-order valence-electron chi connectivity index (χ3n) is 2.62. The van der Waals surface area contributed by atoms with Crippen LogP contribution < -0.4 is 5.32 Å². The van der Waals surface area contributed by atoms with Gasteiger partial charge in [0.15, 0.2) is 0 Å². The summed E-state index contributed by atoms with van der Waals surface area (Å²) in [5.41, 5.74) is 2.56. The quantitative estimate of drug-likeness (QED) is 0.824. The number of hydrogen-bond donors (Lipinski definition) is 1. The van der Waals surface area contributed by atoms with E-state index >= 15 is 0 Å². The molecule has 0 saturated carbocycles. The molecule has 0 aliphatic heterocycles. The first-order valence-electron chi connectivity index (χ1n) is 5.11. The summed E-state index contributed by atoms with van der Waals surface area (Å²) < 4.78 is 7.54. The van der Waals surface area contributed by atoms with Crippen molar-refractivity contribution < 1.29 is 4.42 Å². The summed E-state index contributed by atoms with van der Waals surface area (Å²) in [6.07, 6.45) is 2.57. The Morgan fingerprint density at radius 2 is 2.07 bits per heavy atom. The maximum absolute atomic E-state index is 5.33. The Morgan fingerprint density at radius 1 is 1.27 bits per heavy atom. The zero-order valence-corrected chi connectivity index (χ0v) is 9.16. The molecule has 0 saturated heterocycles. The monoisotopic (exact) mass is 204 g/mol. The number of nitrogens with zero attached hydrogens (tertiary/aromatic N) is 1. The highest BCUT2D eigenvalue weighted by Gasteiger charge is 2.05. The van der Waals surface area contributed by atoms with Crippen molar-refractivity contribution >= 4 is 0 Å². The van der Waals surface area contributed by atoms with Gasteiger partial charge in [-0.2, -0.15) is 0 Å². The van der Waals surface area contributed by atoms with Crippen LogP contribution in [-0.2, 0) is 20.0 Å². The molecule has 0 bridgehead atoms. The number of aromatic nitrogens is 1. The molecule has 2 heterocycles. The van der Waals surface area contributed by atoms with E-state index in [1.807, 2.05) is 19.2 Å². The second kappa shape index (κ2) is 4.36. The molecule has 0 aromatic carbocycles. The smallest absolute Gasteiger partial charge is 0.109 e. The Kier molecular flexibility index (Phi) is 2.92. The summed E-state index contributed by atoms with van der Waals surface area (Å²) >= 11 is 0. The van der Waals surface area contributed by atoms with Crippen molar-refractivity contribution in [1.29, 1.82) is 0 Å². The largest absolute Gasteiger partial charge is 0.469 e. The van der Waals surface area contributed by atoms with E-state index in [-0.39, 0.29) is 0 Å². The van der Waals surface area contributed by atoms with E-state index in [9.17, 15) is 0 Å². The molecular formula is C12H16N2O. The minimum Gasteiger partial charge on any atom is -0.469 e. The molecule has 3 nitrogen and oxygen atoms in total. The van der Waals surface area contributed by atoms with E-state index in [0.717, 1.165) is 18.7 Å². The zero-order valence-electron chi connectivity index (χ0n) is 9.16. The molecule has 2 aromatic rings. The summed E-state index contributed by atoms with van der Waals surface area (Å²) in [5.74, 6) is 1.01. The minimum atomic E-state index is 0.854. The van der Waals surface area contributed by atoms with Crippen LogP contribution in [0.1, 0.15) is 17.1 Å². The van der Waals surface area contributed by atoms with Gasteiger partial charge in [-0.05, 0) is 31.3 Å². The molecule has 0 aliphatic carbocycles. The Morgan fingerprint density at radius 3 is 2.73 bits per heavy atom. The molecule has 0 aliphatic rings. The summed E-state index contributed by atoms with van der Waals surface area (Å²) in [7, 11) is 4.05. The maximum atomic E-state index is 5.33. The lowest BCUT2D eigenvalue weighted by molar-refractivity contribution is 0.516. The van der Waals surface area contributed by atoms with E-state index in [1.165, 1.54) is 11.4 Å². The Bertz CT molecular complexity index is 415. The van der Waals surface area contributed by atoms with Crippen molar-refractivity contribution in [3.8, 4) is 0 Å². The summed E-state index contributed by atoms with van der Waals surface area (Å²) in [4.78, 5) is 0. The van der Waals surface area contributed by atoms with Gasteiger partial charge in [0.05, 0.1) is 6.26 Å². The standard InChI is InChI=1S/C12H16N2O/c1-13-9-11-6-5-10(14(11)2)8-12-4-3-7-15-12/h3-7,13H,8-9H2,1-2H3. The SMILES string of the molecule is CNCc1ccc(Cc2ccco2)n1C. The highest BCUT2D eigenvalue weighted by Crippen LogP contribution is 2.13. The highest BCUT2D eigenvalue weighted by molar-refractivity contribution is 5.20. The first-order chi connectivity index (χ1) is 7.31. The Labute approximate surface area is 89.7 Å². The van der Waals surface area contributed by atoms with Crippen molar-refractivity contribution in [3.05, 3.63) is 47.7 Å². The van der Waals surface area contributed by atoms with Crippen LogP contribution >= 0.6 is 0 Å². The average molecular weight is 204 g/mol. The molecule has 0 atom stereocenters. The lowest BCUT2D eigenvalue weighted by Crippen LogP contribution is -2.10. The van der Waals surface area contributed by atoms with Crippen molar-refractivity contribution in [3.63, 3.8) is 0 Å². The van der Waals surface area contributed by atoms with Gasteiger partial charge >= 0.3 is 0 Å². The molecule has 1 N–H and O–H groups in total. The van der Waals surface area contributed by atoms with Gasteiger partial charge < -0.3 is 14.3 Å². The minimum absolute atomic E-state index is 0.854. The second-order valence-electron chi connectivity index (χ2n) is 3.66. The summed E-state index contributed by atoms with van der Waals surface area (Å²) in [6.45, 7) is 0.897. The van der Waals surface area contributed by atoms with Crippen LogP contribution in [0.4, 0.5) is 0 Å². The van der Waals surface area contributed by atoms with Crippen LogP contribution in [0.2, 0.25) is 0 Å². The first-order valence-corrected chi connectivity index (χ1v) is 5.11. The predicted molar refractivity (Wildman–Crippen MR) is 59.7 cm³/mol. The van der Waals surface area contributed by atoms with Gasteiger partial charge in [-0.25, -0.2) is 0 Å². The van der Waals surface area contributed by atoms with Crippen molar-refractivity contribution in [2.24, 2.45) is 7.05 Å². The van der Waals surface area contributed by atoms with E-state index in [1.54, 1.807) is 6.26 Å². The van der Waals surface area contributed by atoms with Gasteiger partial charge in [0, 0.05) is 31.4 Å². The van der Waals surface area contributed by atoms with Crippen LogP contribution in [0.5, 0.6) is 0 Å². The lowest BCUT2D eigenvalue weighted by atomic mass is 10.2. The van der Waals surface area contributed by atoms with Gasteiger partial charge in [-0.1, -0.05) is 0 Å². The zero-order chi connectivity index (χ0) is 10.7. The van der Waals surface area contributed by atoms with E-state index in [2.05, 4.69) is 29.1 Å². The highest BCUT2D eigenvalue weighted by atomic mass is 16.3. The third-order valence-corrected chi connectivity index (χ3v) is 2.62. The summed E-state index contributed by atoms with van der Waals surface area (Å²) in [5, 5.41) is 3.15. The molecule has 0 unspecified atom stereocenters. The maximum Gasteiger partial charge on any atom is 0.109 e. The van der Waals surface area contributed by atoms with Gasteiger partial charge in [0.2, 0.25) is 0 Å². The average Bonchev–Trinajstić information content (AvgIpc) is 2.83. The fourth-order valence-electron chi connectivity index (χ4n) is 1.73. The molecule has 0 radical (unpaired) electrons. The normalized spacial score (nSPS) is 10.8. The molecule has 3 heteroatoms. The van der Waals surface area contributed by atoms with Gasteiger partial charge in [0.1, 0.15) is 5.76 Å². The Hall–Kier alpha value is -1.48. The lowest BCUT2D eigenvalue weighted by Gasteiger charge is -2.06. The molecular weight excluding hydrogens is 188 g/mol. The summed E-state index contributed by atoms with van der Waals surface area (Å²) in [6, 6.07) is 8.22. The number of nitrogens with one attached hydrogen (secondary N) is 1. The number of rotatable bonds is 4. The van der Waals surface area contributed by atoms with Crippen molar-refractivity contribution in [2.75, 3.05) is 7.05 Å². The van der Waals surface area contributed by atoms with Crippen LogP contribution in [0.25, 0.3) is 0 Å². The molecule has 0 amide bonds. The number of furan rings is 1. The second-order valence-corrected chi connectivity index (χ2v) is 3.66. The predicted octanol–water partition coefficient (Wildman–Crippen LogP) is 1.93. The van der Waals surface area contributed by atoms with Gasteiger partial charge in [-0.3, -0.25) is 0 Å². The first kappa shape index (κ1) is 10.1. The Balaban J connectivity index is 2.15. The van der Waals surface area contributed by atoms with Crippen LogP contribution in [-0.4, -0.2) is 11.6 Å². The molecule has 0 fully saturated rings. The van der Waals surface area contributed by atoms with E-state index in [0.29, 0.717) is 0 Å². The van der Waals surface area contributed by atoms with Crippen LogP contribution in [0, 0.1) is 0 Å². The van der Waals surface area contributed by atoms with E-state index < -0.39 is 0 Å². The number of hydrogen-bond acceptors (Lipinski definition) is 2. The van der Waals surface area contributed by atoms with Crippen molar-refractivity contribution in [2.45, 2.75) is 13.0 Å².